The summed E-state index contributed by atoms with van der Waals surface area (Å²) >= 11 is 1.55. The van der Waals surface area contributed by atoms with Crippen LogP contribution in [-0.4, -0.2) is 37.6 Å². The SMILES string of the molecule is CSc1cccc(S(=O)(=O)N2CCCCC2C(C)N)c1.Cl. The number of halogens is 1. The lowest BCUT2D eigenvalue weighted by Gasteiger charge is -2.36. The maximum absolute atomic E-state index is 12.8. The Morgan fingerprint density at radius 3 is 2.71 bits per heavy atom. The lowest BCUT2D eigenvalue weighted by molar-refractivity contribution is 0.227. The molecule has 2 rings (SSSR count). The van der Waals surface area contributed by atoms with Crippen LogP contribution in [0.15, 0.2) is 34.1 Å². The summed E-state index contributed by atoms with van der Waals surface area (Å²) in [6.07, 6.45) is 4.74. The molecule has 2 N–H and O–H groups in total. The molecule has 0 radical (unpaired) electrons. The average molecular weight is 351 g/mol. The van der Waals surface area contributed by atoms with Crippen LogP contribution < -0.4 is 5.73 Å². The van der Waals surface area contributed by atoms with E-state index in [4.69, 9.17) is 5.73 Å². The molecule has 1 aromatic rings. The normalized spacial score (nSPS) is 21.6. The molecule has 0 bridgehead atoms. The van der Waals surface area contributed by atoms with Gasteiger partial charge in [-0.1, -0.05) is 12.5 Å². The van der Waals surface area contributed by atoms with E-state index in [9.17, 15) is 8.42 Å². The number of nitrogens with two attached hydrogens (primary N) is 1. The first-order valence-corrected chi connectivity index (χ1v) is 9.55. The number of rotatable bonds is 4. The number of piperidine rings is 1. The Bertz CT molecular complexity index is 564. The van der Waals surface area contributed by atoms with E-state index >= 15 is 0 Å². The molecule has 21 heavy (non-hydrogen) atoms. The molecule has 2 atom stereocenters. The summed E-state index contributed by atoms with van der Waals surface area (Å²) in [4.78, 5) is 1.33. The van der Waals surface area contributed by atoms with Crippen LogP contribution >= 0.6 is 24.2 Å². The van der Waals surface area contributed by atoms with Crippen LogP contribution in [0.5, 0.6) is 0 Å². The quantitative estimate of drug-likeness (QED) is 0.848. The van der Waals surface area contributed by atoms with Crippen molar-refractivity contribution in [3.8, 4) is 0 Å². The van der Waals surface area contributed by atoms with Gasteiger partial charge in [0, 0.05) is 23.5 Å². The second-order valence-electron chi connectivity index (χ2n) is 5.22. The molecule has 4 nitrogen and oxygen atoms in total. The lowest BCUT2D eigenvalue weighted by Crippen LogP contribution is -2.51. The third kappa shape index (κ3) is 4.13. The first-order valence-electron chi connectivity index (χ1n) is 6.88. The summed E-state index contributed by atoms with van der Waals surface area (Å²) in [5.41, 5.74) is 5.98. The van der Waals surface area contributed by atoms with E-state index in [1.54, 1.807) is 34.3 Å². The number of nitrogens with zero attached hydrogens (tertiary/aromatic N) is 1. The van der Waals surface area contributed by atoms with Gasteiger partial charge in [-0.05, 0) is 44.2 Å². The smallest absolute Gasteiger partial charge is 0.243 e. The van der Waals surface area contributed by atoms with Crippen LogP contribution in [0.3, 0.4) is 0 Å². The van der Waals surface area contributed by atoms with Crippen LogP contribution in [-0.2, 0) is 10.0 Å². The van der Waals surface area contributed by atoms with E-state index in [0.29, 0.717) is 11.4 Å². The molecule has 0 spiro atoms. The maximum Gasteiger partial charge on any atom is 0.243 e. The molecule has 120 valence electrons. The predicted octanol–water partition coefficient (Wildman–Crippen LogP) is 2.72. The van der Waals surface area contributed by atoms with Gasteiger partial charge in [0.2, 0.25) is 10.0 Å². The standard InChI is InChI=1S/C14H22N2O2S2.ClH/c1-11(15)14-8-3-4-9-16(14)20(17,18)13-7-5-6-12(10-13)19-2;/h5-7,10-11,14H,3-4,8-9,15H2,1-2H3;1H. The van der Waals surface area contributed by atoms with Gasteiger partial charge in [0.1, 0.15) is 0 Å². The number of sulfonamides is 1. The highest BCUT2D eigenvalue weighted by atomic mass is 35.5. The molecule has 0 aliphatic carbocycles. The van der Waals surface area contributed by atoms with Crippen molar-refractivity contribution < 1.29 is 8.42 Å². The van der Waals surface area contributed by atoms with Crippen molar-refractivity contribution in [2.45, 2.75) is 48.1 Å². The van der Waals surface area contributed by atoms with Crippen molar-refractivity contribution in [2.24, 2.45) is 5.73 Å². The first kappa shape index (κ1) is 18.8. The van der Waals surface area contributed by atoms with Crippen molar-refractivity contribution in [3.05, 3.63) is 24.3 Å². The van der Waals surface area contributed by atoms with Crippen molar-refractivity contribution in [2.75, 3.05) is 12.8 Å². The predicted molar refractivity (Wildman–Crippen MR) is 90.7 cm³/mol. The molecule has 0 aromatic heterocycles. The van der Waals surface area contributed by atoms with E-state index in [1.807, 2.05) is 19.2 Å². The molecule has 7 heteroatoms. The van der Waals surface area contributed by atoms with Crippen LogP contribution in [0, 0.1) is 0 Å². The molecule has 1 fully saturated rings. The van der Waals surface area contributed by atoms with Crippen molar-refractivity contribution in [1.29, 1.82) is 0 Å². The minimum Gasteiger partial charge on any atom is -0.326 e. The third-order valence-corrected chi connectivity index (χ3v) is 6.40. The van der Waals surface area contributed by atoms with Gasteiger partial charge in [-0.15, -0.1) is 24.2 Å². The second kappa shape index (κ2) is 7.83. The summed E-state index contributed by atoms with van der Waals surface area (Å²) in [6, 6.07) is 6.89. The first-order chi connectivity index (χ1) is 9.46. The van der Waals surface area contributed by atoms with Crippen molar-refractivity contribution in [1.82, 2.24) is 4.31 Å². The molecular formula is C14H23ClN2O2S2. The zero-order valence-corrected chi connectivity index (χ0v) is 14.8. The van der Waals surface area contributed by atoms with Gasteiger partial charge in [0.15, 0.2) is 0 Å². The van der Waals surface area contributed by atoms with Crippen LogP contribution in [0.4, 0.5) is 0 Å². The zero-order chi connectivity index (χ0) is 14.8. The Kier molecular flexibility index (Phi) is 7.00. The highest BCUT2D eigenvalue weighted by Crippen LogP contribution is 2.28. The van der Waals surface area contributed by atoms with Crippen molar-refractivity contribution >= 4 is 34.2 Å². The van der Waals surface area contributed by atoms with Gasteiger partial charge < -0.3 is 5.73 Å². The van der Waals surface area contributed by atoms with Gasteiger partial charge in [-0.25, -0.2) is 8.42 Å². The second-order valence-corrected chi connectivity index (χ2v) is 7.99. The highest BCUT2D eigenvalue weighted by molar-refractivity contribution is 7.98. The van der Waals surface area contributed by atoms with E-state index in [1.165, 1.54) is 0 Å². The monoisotopic (exact) mass is 350 g/mol. The van der Waals surface area contributed by atoms with E-state index in [0.717, 1.165) is 24.2 Å². The Labute approximate surface area is 137 Å². The molecule has 0 saturated carbocycles. The topological polar surface area (TPSA) is 63.4 Å². The number of hydrogen-bond donors (Lipinski definition) is 1. The fourth-order valence-corrected chi connectivity index (χ4v) is 5.01. The fraction of sp³-hybridized carbons (Fsp3) is 0.571. The van der Waals surface area contributed by atoms with Gasteiger partial charge in [-0.3, -0.25) is 0 Å². The zero-order valence-electron chi connectivity index (χ0n) is 12.4. The Morgan fingerprint density at radius 2 is 2.10 bits per heavy atom. The molecular weight excluding hydrogens is 328 g/mol. The Hall–Kier alpha value is -0.270. The van der Waals surface area contributed by atoms with Gasteiger partial charge in [-0.2, -0.15) is 4.31 Å². The summed E-state index contributed by atoms with van der Waals surface area (Å²) in [5.74, 6) is 0. The third-order valence-electron chi connectivity index (χ3n) is 3.75. The highest BCUT2D eigenvalue weighted by Gasteiger charge is 2.35. The van der Waals surface area contributed by atoms with Crippen LogP contribution in [0.25, 0.3) is 0 Å². The van der Waals surface area contributed by atoms with Crippen molar-refractivity contribution in [3.63, 3.8) is 0 Å². The Balaban J connectivity index is 0.00000220. The number of thioether (sulfide) groups is 1. The van der Waals surface area contributed by atoms with Gasteiger partial charge in [0.05, 0.1) is 4.90 Å². The van der Waals surface area contributed by atoms with E-state index < -0.39 is 10.0 Å². The summed E-state index contributed by atoms with van der Waals surface area (Å²) in [5, 5.41) is 0. The molecule has 1 saturated heterocycles. The average Bonchev–Trinajstić information content (AvgIpc) is 2.47. The van der Waals surface area contributed by atoms with Crippen LogP contribution in [0.1, 0.15) is 26.2 Å². The summed E-state index contributed by atoms with van der Waals surface area (Å²) in [6.45, 7) is 2.45. The molecule has 1 heterocycles. The number of hydrogen-bond acceptors (Lipinski definition) is 4. The molecule has 0 amide bonds. The maximum atomic E-state index is 12.8. The molecule has 1 aliphatic rings. The largest absolute Gasteiger partial charge is 0.326 e. The van der Waals surface area contributed by atoms with Gasteiger partial charge in [0.25, 0.3) is 0 Å². The Morgan fingerprint density at radius 1 is 1.38 bits per heavy atom. The minimum atomic E-state index is -3.45. The number of benzene rings is 1. The fourth-order valence-electron chi connectivity index (χ4n) is 2.65. The van der Waals surface area contributed by atoms with Crippen LogP contribution in [0.2, 0.25) is 0 Å². The van der Waals surface area contributed by atoms with E-state index in [2.05, 4.69) is 0 Å². The molecule has 1 aliphatic heterocycles. The lowest BCUT2D eigenvalue weighted by atomic mass is 10.00. The van der Waals surface area contributed by atoms with Gasteiger partial charge >= 0.3 is 0 Å². The molecule has 2 unspecified atom stereocenters. The minimum absolute atomic E-state index is 0. The summed E-state index contributed by atoms with van der Waals surface area (Å²) < 4.78 is 27.3. The van der Waals surface area contributed by atoms with E-state index in [-0.39, 0.29) is 24.5 Å². The molecule has 1 aromatic carbocycles. The summed E-state index contributed by atoms with van der Waals surface area (Å²) in [7, 11) is -3.45.